The first-order valence-electron chi connectivity index (χ1n) is 5.57. The quantitative estimate of drug-likeness (QED) is 0.761. The number of hydrogen-bond acceptors (Lipinski definition) is 2. The lowest BCUT2D eigenvalue weighted by Gasteiger charge is -2.31. The Hall–Kier alpha value is -1.02. The van der Waals surface area contributed by atoms with Crippen LogP contribution in [-0.4, -0.2) is 13.2 Å². The summed E-state index contributed by atoms with van der Waals surface area (Å²) in [5, 5.41) is 3.37. The van der Waals surface area contributed by atoms with Crippen LogP contribution in [-0.2, 0) is 0 Å². The van der Waals surface area contributed by atoms with Crippen LogP contribution in [0.15, 0.2) is 12.1 Å². The number of hydrogen-bond donors (Lipinski definition) is 1. The van der Waals surface area contributed by atoms with Gasteiger partial charge < -0.3 is 10.1 Å². The largest absolute Gasteiger partial charge is 0.490 e. The first-order chi connectivity index (χ1) is 7.11. The Balaban J connectivity index is 2.51. The molecule has 0 spiro atoms. The molecule has 1 aliphatic rings. The molecule has 15 heavy (non-hydrogen) atoms. The molecule has 0 radical (unpaired) electrons. The van der Waals surface area contributed by atoms with Crippen molar-refractivity contribution in [2.45, 2.75) is 39.3 Å². The highest BCUT2D eigenvalue weighted by Gasteiger charge is 2.26. The molecule has 1 aliphatic heterocycles. The molecule has 1 aromatic rings. The van der Waals surface area contributed by atoms with Gasteiger partial charge in [0.2, 0.25) is 0 Å². The Bertz CT molecular complexity index is 373. The number of fused-ring (bicyclic) bond motifs is 1. The third-order valence-electron chi connectivity index (χ3n) is 3.09. The molecule has 2 nitrogen and oxygen atoms in total. The van der Waals surface area contributed by atoms with Crippen molar-refractivity contribution in [3.63, 3.8) is 0 Å². The van der Waals surface area contributed by atoms with Gasteiger partial charge in [0.15, 0.2) is 0 Å². The van der Waals surface area contributed by atoms with Crippen LogP contribution in [0.25, 0.3) is 0 Å². The summed E-state index contributed by atoms with van der Waals surface area (Å²) in [7, 11) is 2.02. The van der Waals surface area contributed by atoms with E-state index < -0.39 is 0 Å². The molecule has 0 aliphatic carbocycles. The third-order valence-corrected chi connectivity index (χ3v) is 3.09. The van der Waals surface area contributed by atoms with E-state index in [-0.39, 0.29) is 0 Å². The van der Waals surface area contributed by atoms with Gasteiger partial charge in [-0.2, -0.15) is 0 Å². The Morgan fingerprint density at radius 3 is 2.73 bits per heavy atom. The predicted molar refractivity (Wildman–Crippen MR) is 62.4 cm³/mol. The molecule has 0 saturated carbocycles. The average Bonchev–Trinajstić information content (AvgIpc) is 2.14. The number of benzene rings is 1. The lowest BCUT2D eigenvalue weighted by Crippen LogP contribution is -2.30. The van der Waals surface area contributed by atoms with Gasteiger partial charge in [0, 0.05) is 18.0 Å². The highest BCUT2D eigenvalue weighted by molar-refractivity contribution is 5.46. The number of nitrogens with one attached hydrogen (secondary N) is 1. The Labute approximate surface area is 91.6 Å². The smallest absolute Gasteiger partial charge is 0.125 e. The van der Waals surface area contributed by atoms with Crippen molar-refractivity contribution in [2.24, 2.45) is 0 Å². The fourth-order valence-corrected chi connectivity index (χ4v) is 2.46. The summed E-state index contributed by atoms with van der Waals surface area (Å²) in [5.41, 5.74) is 3.94. The van der Waals surface area contributed by atoms with E-state index in [1.165, 1.54) is 16.7 Å². The van der Waals surface area contributed by atoms with Crippen LogP contribution in [0.1, 0.15) is 36.1 Å². The lowest BCUT2D eigenvalue weighted by molar-refractivity contribution is 0.168. The average molecular weight is 205 g/mol. The molecule has 1 heterocycles. The fraction of sp³-hybridized carbons (Fsp3) is 0.538. The highest BCUT2D eigenvalue weighted by atomic mass is 16.5. The van der Waals surface area contributed by atoms with E-state index >= 15 is 0 Å². The highest BCUT2D eigenvalue weighted by Crippen LogP contribution is 2.37. The zero-order valence-corrected chi connectivity index (χ0v) is 9.92. The molecule has 0 fully saturated rings. The van der Waals surface area contributed by atoms with Crippen molar-refractivity contribution in [1.82, 2.24) is 5.32 Å². The zero-order valence-electron chi connectivity index (χ0n) is 9.92. The molecule has 2 atom stereocenters. The maximum absolute atomic E-state index is 5.89. The standard InChI is InChI=1S/C13H19NO/c1-8-5-9(2)13-11(14-4)7-10(3)15-12(13)6-8/h5-6,10-11,14H,7H2,1-4H3. The van der Waals surface area contributed by atoms with E-state index in [9.17, 15) is 0 Å². The van der Waals surface area contributed by atoms with Gasteiger partial charge in [-0.15, -0.1) is 0 Å². The molecule has 0 saturated heterocycles. The zero-order chi connectivity index (χ0) is 11.0. The summed E-state index contributed by atoms with van der Waals surface area (Å²) in [6.07, 6.45) is 1.35. The second-order valence-electron chi connectivity index (χ2n) is 4.50. The van der Waals surface area contributed by atoms with Crippen molar-refractivity contribution < 1.29 is 4.74 Å². The molecule has 0 amide bonds. The topological polar surface area (TPSA) is 21.3 Å². The van der Waals surface area contributed by atoms with Crippen LogP contribution in [0.4, 0.5) is 0 Å². The van der Waals surface area contributed by atoms with Crippen molar-refractivity contribution in [3.05, 3.63) is 28.8 Å². The SMILES string of the molecule is CNC1CC(C)Oc2cc(C)cc(C)c21. The van der Waals surface area contributed by atoms with Crippen LogP contribution in [0.2, 0.25) is 0 Å². The first kappa shape index (κ1) is 10.5. The minimum Gasteiger partial charge on any atom is -0.490 e. The van der Waals surface area contributed by atoms with E-state index in [2.05, 4.69) is 38.2 Å². The molecular formula is C13H19NO. The van der Waals surface area contributed by atoms with Crippen molar-refractivity contribution >= 4 is 0 Å². The van der Waals surface area contributed by atoms with Gasteiger partial charge in [0.05, 0.1) is 6.10 Å². The van der Waals surface area contributed by atoms with E-state index in [1.54, 1.807) is 0 Å². The van der Waals surface area contributed by atoms with Crippen molar-refractivity contribution in [1.29, 1.82) is 0 Å². The van der Waals surface area contributed by atoms with Crippen LogP contribution in [0, 0.1) is 13.8 Å². The Kier molecular flexibility index (Phi) is 2.70. The van der Waals surface area contributed by atoms with Crippen LogP contribution in [0.3, 0.4) is 0 Å². The summed E-state index contributed by atoms with van der Waals surface area (Å²) >= 11 is 0. The molecule has 2 heteroatoms. The van der Waals surface area contributed by atoms with E-state index in [0.29, 0.717) is 12.1 Å². The molecule has 0 aromatic heterocycles. The van der Waals surface area contributed by atoms with Crippen LogP contribution in [0.5, 0.6) is 5.75 Å². The number of ether oxygens (including phenoxy) is 1. The normalized spacial score (nSPS) is 24.5. The number of aryl methyl sites for hydroxylation is 2. The van der Waals surface area contributed by atoms with Gasteiger partial charge in [-0.3, -0.25) is 0 Å². The Morgan fingerprint density at radius 1 is 1.33 bits per heavy atom. The van der Waals surface area contributed by atoms with Gasteiger partial charge in [-0.1, -0.05) is 6.07 Å². The van der Waals surface area contributed by atoms with Gasteiger partial charge in [-0.05, 0) is 45.0 Å². The summed E-state index contributed by atoms with van der Waals surface area (Å²) < 4.78 is 5.89. The van der Waals surface area contributed by atoms with E-state index in [4.69, 9.17) is 4.74 Å². The minimum absolute atomic E-state index is 0.302. The monoisotopic (exact) mass is 205 g/mol. The summed E-state index contributed by atoms with van der Waals surface area (Å²) in [4.78, 5) is 0. The molecule has 1 aromatic carbocycles. The molecule has 0 bridgehead atoms. The second kappa shape index (κ2) is 3.86. The van der Waals surface area contributed by atoms with Crippen LogP contribution < -0.4 is 10.1 Å². The third kappa shape index (κ3) is 1.86. The van der Waals surface area contributed by atoms with Gasteiger partial charge in [0.1, 0.15) is 5.75 Å². The Morgan fingerprint density at radius 2 is 2.07 bits per heavy atom. The van der Waals surface area contributed by atoms with Gasteiger partial charge in [-0.25, -0.2) is 0 Å². The minimum atomic E-state index is 0.302. The van der Waals surface area contributed by atoms with Crippen LogP contribution >= 0.6 is 0 Å². The molecule has 2 rings (SSSR count). The molecular weight excluding hydrogens is 186 g/mol. The summed E-state index contributed by atoms with van der Waals surface area (Å²) in [6.45, 7) is 6.41. The molecule has 82 valence electrons. The predicted octanol–water partition coefficient (Wildman–Crippen LogP) is 2.73. The lowest BCUT2D eigenvalue weighted by atomic mass is 9.92. The van der Waals surface area contributed by atoms with Crippen molar-refractivity contribution in [2.75, 3.05) is 7.05 Å². The van der Waals surface area contributed by atoms with Crippen molar-refractivity contribution in [3.8, 4) is 5.75 Å². The first-order valence-corrected chi connectivity index (χ1v) is 5.57. The maximum Gasteiger partial charge on any atom is 0.125 e. The van der Waals surface area contributed by atoms with E-state index in [1.807, 2.05) is 7.05 Å². The molecule has 1 N–H and O–H groups in total. The van der Waals surface area contributed by atoms with Gasteiger partial charge >= 0.3 is 0 Å². The fourth-order valence-electron chi connectivity index (χ4n) is 2.46. The summed E-state index contributed by atoms with van der Waals surface area (Å²) in [5.74, 6) is 1.06. The number of rotatable bonds is 1. The molecule has 2 unspecified atom stereocenters. The maximum atomic E-state index is 5.89. The van der Waals surface area contributed by atoms with E-state index in [0.717, 1.165) is 12.2 Å². The second-order valence-corrected chi connectivity index (χ2v) is 4.50. The van der Waals surface area contributed by atoms with Gasteiger partial charge in [0.25, 0.3) is 0 Å². The summed E-state index contributed by atoms with van der Waals surface area (Å²) in [6, 6.07) is 4.80.